The van der Waals surface area contributed by atoms with Crippen molar-refractivity contribution >= 4 is 38.9 Å². The largest absolute Gasteiger partial charge is 0.316 e. The van der Waals surface area contributed by atoms with Crippen molar-refractivity contribution < 1.29 is 0 Å². The van der Waals surface area contributed by atoms with E-state index < -0.39 is 0 Å². The van der Waals surface area contributed by atoms with Crippen LogP contribution in [-0.2, 0) is 6.54 Å². The molecule has 3 heterocycles. The summed E-state index contributed by atoms with van der Waals surface area (Å²) in [7, 11) is 0. The van der Waals surface area contributed by atoms with Gasteiger partial charge in [-0.2, -0.15) is 0 Å². The Morgan fingerprint density at radius 3 is 2.69 bits per heavy atom. The van der Waals surface area contributed by atoms with E-state index in [0.29, 0.717) is 0 Å². The minimum absolute atomic E-state index is 0.871. The van der Waals surface area contributed by atoms with E-state index in [4.69, 9.17) is 11.6 Å². The van der Waals surface area contributed by atoms with Crippen LogP contribution < -0.4 is 5.32 Å². The Morgan fingerprint density at radius 2 is 2.12 bits per heavy atom. The summed E-state index contributed by atoms with van der Waals surface area (Å²) in [6.07, 6.45) is 0. The van der Waals surface area contributed by atoms with Crippen molar-refractivity contribution in [1.82, 2.24) is 10.2 Å². The molecule has 0 aliphatic carbocycles. The van der Waals surface area contributed by atoms with Crippen LogP contribution in [0.4, 0.5) is 0 Å². The molecule has 1 aromatic heterocycles. The van der Waals surface area contributed by atoms with E-state index >= 15 is 0 Å². The van der Waals surface area contributed by atoms with Crippen molar-refractivity contribution in [3.8, 4) is 0 Å². The predicted molar refractivity (Wildman–Crippen MR) is 72.2 cm³/mol. The molecule has 2 atom stereocenters. The normalized spacial score (nSPS) is 29.9. The number of nitrogens with zero attached hydrogens (tertiary/aromatic N) is 1. The monoisotopic (exact) mass is 320 g/mol. The van der Waals surface area contributed by atoms with Crippen LogP contribution in [0.25, 0.3) is 0 Å². The zero-order valence-corrected chi connectivity index (χ0v) is 12.0. The van der Waals surface area contributed by atoms with Crippen LogP contribution in [-0.4, -0.2) is 31.1 Å². The van der Waals surface area contributed by atoms with Crippen molar-refractivity contribution in [3.63, 3.8) is 0 Å². The molecule has 2 saturated heterocycles. The molecule has 0 aromatic carbocycles. The number of halogens is 2. The number of fused-ring (bicyclic) bond motifs is 1. The van der Waals surface area contributed by atoms with Gasteiger partial charge in [0.05, 0.1) is 0 Å². The summed E-state index contributed by atoms with van der Waals surface area (Å²) < 4.78 is 1.91. The van der Waals surface area contributed by atoms with E-state index in [2.05, 4.69) is 32.2 Å². The second-order valence-corrected chi connectivity index (χ2v) is 7.30. The van der Waals surface area contributed by atoms with E-state index in [0.717, 1.165) is 27.2 Å². The quantitative estimate of drug-likeness (QED) is 0.901. The van der Waals surface area contributed by atoms with Gasteiger partial charge in [0.15, 0.2) is 0 Å². The molecule has 2 aliphatic heterocycles. The molecule has 5 heteroatoms. The molecule has 2 nitrogen and oxygen atoms in total. The minimum atomic E-state index is 0.871. The average molecular weight is 322 g/mol. The Kier molecular flexibility index (Phi) is 3.28. The molecule has 2 aliphatic rings. The Bertz CT molecular complexity index is 364. The second-order valence-electron chi connectivity index (χ2n) is 4.71. The summed E-state index contributed by atoms with van der Waals surface area (Å²) in [5.74, 6) is 1.75. The molecule has 16 heavy (non-hydrogen) atoms. The van der Waals surface area contributed by atoms with Gasteiger partial charge < -0.3 is 5.32 Å². The lowest BCUT2D eigenvalue weighted by atomic mass is 10.0. The molecule has 0 saturated carbocycles. The van der Waals surface area contributed by atoms with Gasteiger partial charge in [-0.3, -0.25) is 4.90 Å². The first-order valence-corrected chi connectivity index (χ1v) is 7.58. The summed E-state index contributed by atoms with van der Waals surface area (Å²) in [5, 5.41) is 3.47. The first-order valence-electron chi connectivity index (χ1n) is 5.59. The number of hydrogen-bond acceptors (Lipinski definition) is 3. The summed E-state index contributed by atoms with van der Waals surface area (Å²) in [5.41, 5.74) is 0. The molecule has 2 fully saturated rings. The fourth-order valence-corrected chi connectivity index (χ4v) is 4.60. The lowest BCUT2D eigenvalue weighted by Gasteiger charge is -2.15. The summed E-state index contributed by atoms with van der Waals surface area (Å²) >= 11 is 11.2. The third-order valence-corrected chi connectivity index (χ3v) is 6.00. The van der Waals surface area contributed by atoms with E-state index in [1.54, 1.807) is 11.3 Å². The summed E-state index contributed by atoms with van der Waals surface area (Å²) in [6, 6.07) is 2.15. The maximum Gasteiger partial charge on any atom is 0.107 e. The van der Waals surface area contributed by atoms with E-state index in [1.807, 2.05) is 0 Å². The molecule has 3 rings (SSSR count). The first kappa shape index (κ1) is 11.5. The number of thiophene rings is 1. The minimum Gasteiger partial charge on any atom is -0.316 e. The van der Waals surface area contributed by atoms with E-state index in [9.17, 15) is 0 Å². The number of nitrogens with one attached hydrogen (secondary N) is 1. The first-order chi connectivity index (χ1) is 7.72. The van der Waals surface area contributed by atoms with Gasteiger partial charge >= 0.3 is 0 Å². The molecule has 0 amide bonds. The second kappa shape index (κ2) is 4.58. The fraction of sp³-hybridized carbons (Fsp3) is 0.636. The highest BCUT2D eigenvalue weighted by molar-refractivity contribution is 9.10. The van der Waals surface area contributed by atoms with Gasteiger partial charge in [0.1, 0.15) is 4.34 Å². The van der Waals surface area contributed by atoms with Gasteiger partial charge in [-0.25, -0.2) is 0 Å². The highest BCUT2D eigenvalue weighted by Gasteiger charge is 2.35. The highest BCUT2D eigenvalue weighted by Crippen LogP contribution is 2.34. The topological polar surface area (TPSA) is 15.3 Å². The van der Waals surface area contributed by atoms with Crippen molar-refractivity contribution in [2.75, 3.05) is 26.2 Å². The molecule has 2 unspecified atom stereocenters. The van der Waals surface area contributed by atoms with Crippen LogP contribution in [0.2, 0.25) is 4.34 Å². The zero-order valence-electron chi connectivity index (χ0n) is 8.88. The maximum atomic E-state index is 6.05. The van der Waals surface area contributed by atoms with Crippen LogP contribution in [0.5, 0.6) is 0 Å². The fourth-order valence-electron chi connectivity index (χ4n) is 2.77. The molecule has 88 valence electrons. The molecule has 0 bridgehead atoms. The third kappa shape index (κ3) is 2.18. The predicted octanol–water partition coefficient (Wildman–Crippen LogP) is 2.82. The lowest BCUT2D eigenvalue weighted by Crippen LogP contribution is -2.25. The van der Waals surface area contributed by atoms with Gasteiger partial charge in [0.25, 0.3) is 0 Å². The van der Waals surface area contributed by atoms with Gasteiger partial charge in [0.2, 0.25) is 0 Å². The van der Waals surface area contributed by atoms with Gasteiger partial charge in [-0.1, -0.05) is 11.6 Å². The SMILES string of the molecule is Clc1sc(CN2CC3CNCC3C2)cc1Br. The molecule has 1 N–H and O–H groups in total. The summed E-state index contributed by atoms with van der Waals surface area (Å²) in [4.78, 5) is 3.93. The van der Waals surface area contributed by atoms with Crippen LogP contribution in [0, 0.1) is 11.8 Å². The standard InChI is InChI=1S/C11H14BrClN2S/c12-10-1-9(16-11(10)13)6-15-4-7-2-14-3-8(7)5-15/h1,7-8,14H,2-6H2. The Morgan fingerprint density at radius 1 is 1.44 bits per heavy atom. The van der Waals surface area contributed by atoms with Gasteiger partial charge in [-0.15, -0.1) is 11.3 Å². The molecule has 0 radical (unpaired) electrons. The van der Waals surface area contributed by atoms with Crippen LogP contribution in [0.15, 0.2) is 10.5 Å². The lowest BCUT2D eigenvalue weighted by molar-refractivity contribution is 0.308. The van der Waals surface area contributed by atoms with Crippen LogP contribution >= 0.6 is 38.9 Å². The van der Waals surface area contributed by atoms with Crippen molar-refractivity contribution in [3.05, 3.63) is 19.8 Å². The number of likely N-dealkylation sites (tertiary alicyclic amines) is 1. The molecule has 1 aromatic rings. The molecule has 0 spiro atoms. The smallest absolute Gasteiger partial charge is 0.107 e. The molecular formula is C11H14BrClN2S. The Hall–Kier alpha value is 0.390. The van der Waals surface area contributed by atoms with Gasteiger partial charge in [-0.05, 0) is 46.9 Å². The van der Waals surface area contributed by atoms with Crippen LogP contribution in [0.1, 0.15) is 4.88 Å². The average Bonchev–Trinajstić information content (AvgIpc) is 2.83. The maximum absolute atomic E-state index is 6.05. The van der Waals surface area contributed by atoms with E-state index in [-0.39, 0.29) is 0 Å². The number of rotatable bonds is 2. The van der Waals surface area contributed by atoms with Gasteiger partial charge in [0, 0.05) is 29.0 Å². The Balaban J connectivity index is 1.64. The van der Waals surface area contributed by atoms with Crippen molar-refractivity contribution in [2.45, 2.75) is 6.54 Å². The van der Waals surface area contributed by atoms with Crippen molar-refractivity contribution in [1.29, 1.82) is 0 Å². The summed E-state index contributed by atoms with van der Waals surface area (Å²) in [6.45, 7) is 5.95. The number of hydrogen-bond donors (Lipinski definition) is 1. The Labute approximate surface area is 113 Å². The van der Waals surface area contributed by atoms with Crippen molar-refractivity contribution in [2.24, 2.45) is 11.8 Å². The third-order valence-electron chi connectivity index (χ3n) is 3.54. The zero-order chi connectivity index (χ0) is 11.1. The van der Waals surface area contributed by atoms with E-state index in [1.165, 1.54) is 31.1 Å². The van der Waals surface area contributed by atoms with Crippen LogP contribution in [0.3, 0.4) is 0 Å². The molecular weight excluding hydrogens is 308 g/mol. The highest BCUT2D eigenvalue weighted by atomic mass is 79.9.